The topological polar surface area (TPSA) is 90.4 Å². The number of nitrogen functional groups attached to an aromatic ring is 1. The van der Waals surface area contributed by atoms with Gasteiger partial charge in [-0.15, -0.1) is 0 Å². The molecular weight excluding hydrogens is 242 g/mol. The van der Waals surface area contributed by atoms with Gasteiger partial charge in [0.1, 0.15) is 0 Å². The summed E-state index contributed by atoms with van der Waals surface area (Å²) in [6.45, 7) is 4.33. The molecule has 2 unspecified atom stereocenters. The van der Waals surface area contributed by atoms with Crippen molar-refractivity contribution in [3.05, 3.63) is 23.8 Å². The number of nitrogens with one attached hydrogen (secondary N) is 1. The molecule has 5 nitrogen and oxygen atoms in total. The third-order valence-corrected chi connectivity index (χ3v) is 4.13. The standard InChI is InChI=1S/C14H21N3O2/c1-14(2)11(7-12(14)19-3)17-10-5-4-8(13(16)18)6-9(10)15/h4-6,11-12,17H,7,15H2,1-3H3,(H2,16,18). The highest BCUT2D eigenvalue weighted by molar-refractivity contribution is 5.94. The molecule has 0 radical (unpaired) electrons. The maximum Gasteiger partial charge on any atom is 0.248 e. The Balaban J connectivity index is 2.11. The number of hydrogen-bond donors (Lipinski definition) is 3. The van der Waals surface area contributed by atoms with Gasteiger partial charge in [0, 0.05) is 24.1 Å². The van der Waals surface area contributed by atoms with E-state index < -0.39 is 5.91 Å². The van der Waals surface area contributed by atoms with Gasteiger partial charge < -0.3 is 21.5 Å². The summed E-state index contributed by atoms with van der Waals surface area (Å²) in [5.41, 5.74) is 13.0. The van der Waals surface area contributed by atoms with E-state index in [0.29, 0.717) is 17.3 Å². The van der Waals surface area contributed by atoms with Gasteiger partial charge in [0.25, 0.3) is 0 Å². The predicted octanol–water partition coefficient (Wildman–Crippen LogP) is 1.59. The highest BCUT2D eigenvalue weighted by Gasteiger charge is 2.48. The fourth-order valence-electron chi connectivity index (χ4n) is 2.57. The number of rotatable bonds is 4. The molecule has 0 heterocycles. The number of hydrogen-bond acceptors (Lipinski definition) is 4. The van der Waals surface area contributed by atoms with Crippen molar-refractivity contribution in [3.63, 3.8) is 0 Å². The number of amides is 1. The van der Waals surface area contributed by atoms with Crippen LogP contribution in [0, 0.1) is 5.41 Å². The molecule has 2 atom stereocenters. The number of benzene rings is 1. The van der Waals surface area contributed by atoms with Crippen LogP contribution >= 0.6 is 0 Å². The molecule has 1 aliphatic rings. The second-order valence-corrected chi connectivity index (χ2v) is 5.64. The fraction of sp³-hybridized carbons (Fsp3) is 0.500. The third kappa shape index (κ3) is 2.38. The van der Waals surface area contributed by atoms with Gasteiger partial charge in [0.15, 0.2) is 0 Å². The molecule has 0 spiro atoms. The lowest BCUT2D eigenvalue weighted by atomic mass is 9.64. The average Bonchev–Trinajstić information content (AvgIpc) is 2.35. The first-order valence-corrected chi connectivity index (χ1v) is 6.35. The minimum absolute atomic E-state index is 0.0591. The quantitative estimate of drug-likeness (QED) is 0.719. The van der Waals surface area contributed by atoms with E-state index in [4.69, 9.17) is 16.2 Å². The lowest BCUT2D eigenvalue weighted by Gasteiger charge is -2.51. The molecule has 2 rings (SSSR count). The van der Waals surface area contributed by atoms with E-state index >= 15 is 0 Å². The number of carbonyl (C=O) groups is 1. The molecular formula is C14H21N3O2. The summed E-state index contributed by atoms with van der Waals surface area (Å²) in [6.07, 6.45) is 1.21. The minimum atomic E-state index is -0.471. The predicted molar refractivity (Wildman–Crippen MR) is 76.0 cm³/mol. The Kier molecular flexibility index (Phi) is 3.41. The molecule has 19 heavy (non-hydrogen) atoms. The van der Waals surface area contributed by atoms with Crippen LogP contribution in [0.2, 0.25) is 0 Å². The van der Waals surface area contributed by atoms with Crippen LogP contribution in [0.1, 0.15) is 30.6 Å². The molecule has 1 aromatic carbocycles. The van der Waals surface area contributed by atoms with E-state index in [-0.39, 0.29) is 11.5 Å². The molecule has 1 aliphatic carbocycles. The zero-order chi connectivity index (χ0) is 14.2. The number of ether oxygens (including phenoxy) is 1. The van der Waals surface area contributed by atoms with Crippen LogP contribution in [0.15, 0.2) is 18.2 Å². The Labute approximate surface area is 113 Å². The van der Waals surface area contributed by atoms with Crippen molar-refractivity contribution in [2.75, 3.05) is 18.2 Å². The molecule has 0 aromatic heterocycles. The highest BCUT2D eigenvalue weighted by Crippen LogP contribution is 2.44. The van der Waals surface area contributed by atoms with Crippen LogP contribution in [0.3, 0.4) is 0 Å². The molecule has 104 valence electrons. The number of carbonyl (C=O) groups excluding carboxylic acids is 1. The summed E-state index contributed by atoms with van der Waals surface area (Å²) in [5.74, 6) is -0.471. The van der Waals surface area contributed by atoms with Gasteiger partial charge in [-0.25, -0.2) is 0 Å². The van der Waals surface area contributed by atoms with Crippen LogP contribution < -0.4 is 16.8 Å². The van der Waals surface area contributed by atoms with Crippen molar-refractivity contribution in [1.29, 1.82) is 0 Å². The van der Waals surface area contributed by atoms with Gasteiger partial charge in [-0.05, 0) is 24.6 Å². The normalized spacial score (nSPS) is 24.6. The summed E-state index contributed by atoms with van der Waals surface area (Å²) in [5, 5.41) is 3.41. The molecule has 1 fully saturated rings. The summed E-state index contributed by atoms with van der Waals surface area (Å²) in [4.78, 5) is 11.1. The Morgan fingerprint density at radius 2 is 2.16 bits per heavy atom. The van der Waals surface area contributed by atoms with E-state index in [0.717, 1.165) is 12.1 Å². The second kappa shape index (κ2) is 4.74. The Bertz CT molecular complexity index is 499. The number of nitrogens with two attached hydrogens (primary N) is 2. The van der Waals surface area contributed by atoms with Crippen molar-refractivity contribution in [2.45, 2.75) is 32.4 Å². The van der Waals surface area contributed by atoms with Crippen molar-refractivity contribution >= 4 is 17.3 Å². The van der Waals surface area contributed by atoms with Crippen molar-refractivity contribution in [1.82, 2.24) is 0 Å². The monoisotopic (exact) mass is 263 g/mol. The van der Waals surface area contributed by atoms with Gasteiger partial charge in [-0.1, -0.05) is 13.8 Å². The minimum Gasteiger partial charge on any atom is -0.397 e. The van der Waals surface area contributed by atoms with Crippen molar-refractivity contribution < 1.29 is 9.53 Å². The van der Waals surface area contributed by atoms with E-state index in [2.05, 4.69) is 19.2 Å². The molecule has 5 heteroatoms. The van der Waals surface area contributed by atoms with E-state index in [1.54, 1.807) is 25.3 Å². The van der Waals surface area contributed by atoms with Crippen LogP contribution in [0.4, 0.5) is 11.4 Å². The van der Waals surface area contributed by atoms with Crippen LogP contribution in [0.5, 0.6) is 0 Å². The number of primary amides is 1. The largest absolute Gasteiger partial charge is 0.397 e. The fourth-order valence-corrected chi connectivity index (χ4v) is 2.57. The molecule has 0 aliphatic heterocycles. The Morgan fingerprint density at radius 3 is 2.63 bits per heavy atom. The lowest BCUT2D eigenvalue weighted by Crippen LogP contribution is -2.57. The zero-order valence-corrected chi connectivity index (χ0v) is 11.6. The van der Waals surface area contributed by atoms with Gasteiger partial charge >= 0.3 is 0 Å². The summed E-state index contributed by atoms with van der Waals surface area (Å²) < 4.78 is 5.42. The molecule has 1 saturated carbocycles. The first-order valence-electron chi connectivity index (χ1n) is 6.35. The van der Waals surface area contributed by atoms with E-state index in [1.165, 1.54) is 0 Å². The molecule has 0 bridgehead atoms. The number of anilines is 2. The van der Waals surface area contributed by atoms with Gasteiger partial charge in [0.2, 0.25) is 5.91 Å². The van der Waals surface area contributed by atoms with Gasteiger partial charge in [-0.2, -0.15) is 0 Å². The Morgan fingerprint density at radius 1 is 1.47 bits per heavy atom. The second-order valence-electron chi connectivity index (χ2n) is 5.64. The smallest absolute Gasteiger partial charge is 0.248 e. The van der Waals surface area contributed by atoms with E-state index in [9.17, 15) is 4.79 Å². The van der Waals surface area contributed by atoms with Crippen molar-refractivity contribution in [3.8, 4) is 0 Å². The molecule has 1 aromatic rings. The molecule has 5 N–H and O–H groups in total. The molecule has 0 saturated heterocycles. The van der Waals surface area contributed by atoms with E-state index in [1.807, 2.05) is 0 Å². The van der Waals surface area contributed by atoms with Crippen LogP contribution in [0.25, 0.3) is 0 Å². The Hall–Kier alpha value is -1.75. The summed E-state index contributed by atoms with van der Waals surface area (Å²) in [7, 11) is 1.73. The van der Waals surface area contributed by atoms with Gasteiger partial charge in [0.05, 0.1) is 17.5 Å². The zero-order valence-electron chi connectivity index (χ0n) is 11.6. The molecule has 1 amide bonds. The first-order chi connectivity index (χ1) is 8.86. The van der Waals surface area contributed by atoms with Crippen LogP contribution in [-0.2, 0) is 4.74 Å². The summed E-state index contributed by atoms with van der Waals surface area (Å²) in [6, 6.07) is 5.38. The summed E-state index contributed by atoms with van der Waals surface area (Å²) >= 11 is 0. The maximum atomic E-state index is 11.1. The highest BCUT2D eigenvalue weighted by atomic mass is 16.5. The maximum absolute atomic E-state index is 11.1. The van der Waals surface area contributed by atoms with Gasteiger partial charge in [-0.3, -0.25) is 4.79 Å². The average molecular weight is 263 g/mol. The van der Waals surface area contributed by atoms with Crippen molar-refractivity contribution in [2.24, 2.45) is 11.1 Å². The third-order valence-electron chi connectivity index (χ3n) is 4.13. The van der Waals surface area contributed by atoms with Crippen LogP contribution in [-0.4, -0.2) is 25.2 Å². The SMILES string of the molecule is COC1CC(Nc2ccc(C(N)=O)cc2N)C1(C)C. The number of methoxy groups -OCH3 is 1. The first kappa shape index (κ1) is 13.7. The lowest BCUT2D eigenvalue weighted by molar-refractivity contribution is -0.0794.